The van der Waals surface area contributed by atoms with Crippen molar-refractivity contribution in [3.63, 3.8) is 0 Å². The second kappa shape index (κ2) is 12.6. The molecule has 0 fully saturated rings. The van der Waals surface area contributed by atoms with Crippen LogP contribution in [0.3, 0.4) is 0 Å². The second-order valence-electron chi connectivity index (χ2n) is 7.64. The molecule has 0 rings (SSSR count). The van der Waals surface area contributed by atoms with Gasteiger partial charge in [-0.25, -0.2) is 0 Å². The number of nitrogens with zero attached hydrogens (tertiary/aromatic N) is 2. The van der Waals surface area contributed by atoms with E-state index >= 15 is 0 Å². The lowest BCUT2D eigenvalue weighted by Gasteiger charge is -2.36. The van der Waals surface area contributed by atoms with Crippen molar-refractivity contribution in [2.75, 3.05) is 45.9 Å². The molecule has 4 nitrogen and oxygen atoms in total. The van der Waals surface area contributed by atoms with Crippen LogP contribution in [0.4, 0.5) is 0 Å². The summed E-state index contributed by atoms with van der Waals surface area (Å²) in [6, 6.07) is 1.12. The highest BCUT2D eigenvalue weighted by Gasteiger charge is 2.30. The maximum absolute atomic E-state index is 5.96. The quantitative estimate of drug-likeness (QED) is 0.312. The van der Waals surface area contributed by atoms with Crippen molar-refractivity contribution in [2.45, 2.75) is 72.8 Å². The van der Waals surface area contributed by atoms with E-state index in [1.54, 1.807) is 0 Å². The second-order valence-corrected chi connectivity index (χ2v) is 16.0. The minimum atomic E-state index is -1.93. The van der Waals surface area contributed by atoms with Crippen molar-refractivity contribution in [1.29, 1.82) is 0 Å². The maximum atomic E-state index is 5.96. The van der Waals surface area contributed by atoms with Crippen LogP contribution in [0.2, 0.25) is 32.2 Å². The third-order valence-electron chi connectivity index (χ3n) is 4.74. The zero-order valence-corrected chi connectivity index (χ0v) is 19.8. The standard InChI is InChI=1S/C18H44N2O2Si2/c1-9-19(10-2)16-17-20(23(5,6)7)15-13-14-18-24(8,21-11-3)22-12-4/h9-18H2,1-8H3. The molecule has 0 heterocycles. The van der Waals surface area contributed by atoms with Crippen LogP contribution in [0.25, 0.3) is 0 Å². The lowest BCUT2D eigenvalue weighted by Crippen LogP contribution is -2.49. The molecule has 0 saturated carbocycles. The van der Waals surface area contributed by atoms with Gasteiger partial charge in [-0.05, 0) is 52.5 Å². The molecule has 0 amide bonds. The van der Waals surface area contributed by atoms with Crippen molar-refractivity contribution in [3.8, 4) is 0 Å². The van der Waals surface area contributed by atoms with E-state index in [0.717, 1.165) is 32.3 Å². The Morgan fingerprint density at radius 2 is 1.25 bits per heavy atom. The average Bonchev–Trinajstić information content (AvgIpc) is 2.49. The van der Waals surface area contributed by atoms with Gasteiger partial charge in [-0.15, -0.1) is 0 Å². The summed E-state index contributed by atoms with van der Waals surface area (Å²) < 4.78 is 14.7. The SMILES string of the molecule is CCO[Si](C)(CCCCN(CCN(CC)CC)[Si](C)(C)C)OCC. The Kier molecular flexibility index (Phi) is 12.7. The molecule has 0 bridgehead atoms. The van der Waals surface area contributed by atoms with Crippen LogP contribution < -0.4 is 0 Å². The summed E-state index contributed by atoms with van der Waals surface area (Å²) in [4.78, 5) is 2.53. The van der Waals surface area contributed by atoms with Gasteiger partial charge in [0.25, 0.3) is 0 Å². The molecule has 0 atom stereocenters. The van der Waals surface area contributed by atoms with E-state index in [0.29, 0.717) is 0 Å². The molecule has 0 aliphatic heterocycles. The highest BCUT2D eigenvalue weighted by atomic mass is 28.4. The molecule has 0 spiro atoms. The Morgan fingerprint density at radius 3 is 1.67 bits per heavy atom. The molecule has 24 heavy (non-hydrogen) atoms. The predicted octanol–water partition coefficient (Wildman–Crippen LogP) is 4.39. The number of rotatable bonds is 15. The first-order valence-corrected chi connectivity index (χ1v) is 15.9. The minimum Gasteiger partial charge on any atom is -0.395 e. The Morgan fingerprint density at radius 1 is 0.708 bits per heavy atom. The van der Waals surface area contributed by atoms with Crippen LogP contribution >= 0.6 is 0 Å². The third kappa shape index (κ3) is 10.3. The maximum Gasteiger partial charge on any atom is 0.334 e. The van der Waals surface area contributed by atoms with Crippen LogP contribution in [0, 0.1) is 0 Å². The van der Waals surface area contributed by atoms with Crippen molar-refractivity contribution >= 4 is 16.8 Å². The van der Waals surface area contributed by atoms with Crippen molar-refractivity contribution in [1.82, 2.24) is 9.47 Å². The van der Waals surface area contributed by atoms with Crippen LogP contribution in [0.1, 0.15) is 40.5 Å². The lowest BCUT2D eigenvalue weighted by molar-refractivity contribution is 0.187. The summed E-state index contributed by atoms with van der Waals surface area (Å²) in [5.74, 6) is 0. The molecule has 0 N–H and O–H groups in total. The van der Waals surface area contributed by atoms with E-state index in [2.05, 4.69) is 63.3 Å². The summed E-state index contributed by atoms with van der Waals surface area (Å²) in [6.45, 7) is 25.8. The van der Waals surface area contributed by atoms with Gasteiger partial charge in [-0.1, -0.05) is 39.9 Å². The van der Waals surface area contributed by atoms with E-state index in [9.17, 15) is 0 Å². The van der Waals surface area contributed by atoms with Gasteiger partial charge < -0.3 is 18.3 Å². The number of likely N-dealkylation sites (N-methyl/N-ethyl adjacent to an activating group) is 1. The van der Waals surface area contributed by atoms with Crippen molar-refractivity contribution in [2.24, 2.45) is 0 Å². The monoisotopic (exact) mass is 376 g/mol. The van der Waals surface area contributed by atoms with Gasteiger partial charge >= 0.3 is 8.56 Å². The molecular formula is C18H44N2O2Si2. The molecule has 0 aliphatic rings. The molecular weight excluding hydrogens is 332 g/mol. The van der Waals surface area contributed by atoms with E-state index in [4.69, 9.17) is 8.85 Å². The van der Waals surface area contributed by atoms with Crippen LogP contribution in [-0.2, 0) is 8.85 Å². The highest BCUT2D eigenvalue weighted by molar-refractivity contribution is 6.73. The number of unbranched alkanes of at least 4 members (excludes halogenated alkanes) is 1. The summed E-state index contributed by atoms with van der Waals surface area (Å²) in [5, 5.41) is 0. The Bertz CT molecular complexity index is 302. The molecule has 0 aliphatic carbocycles. The molecule has 0 radical (unpaired) electrons. The summed E-state index contributed by atoms with van der Waals surface area (Å²) in [6.07, 6.45) is 2.47. The minimum absolute atomic E-state index is 0.771. The van der Waals surface area contributed by atoms with Gasteiger partial charge in [-0.2, -0.15) is 0 Å². The van der Waals surface area contributed by atoms with Gasteiger partial charge in [0.15, 0.2) is 0 Å². The molecule has 146 valence electrons. The fourth-order valence-corrected chi connectivity index (χ4v) is 7.22. The Balaban J connectivity index is 4.37. The third-order valence-corrected chi connectivity index (χ3v) is 10.1. The van der Waals surface area contributed by atoms with Gasteiger partial charge in [0.05, 0.1) is 0 Å². The molecule has 0 saturated heterocycles. The highest BCUT2D eigenvalue weighted by Crippen LogP contribution is 2.18. The number of hydrogen-bond acceptors (Lipinski definition) is 4. The Hall–Kier alpha value is 0.274. The average molecular weight is 377 g/mol. The zero-order valence-electron chi connectivity index (χ0n) is 17.8. The molecule has 0 unspecified atom stereocenters. The largest absolute Gasteiger partial charge is 0.395 e. The zero-order chi connectivity index (χ0) is 18.6. The van der Waals surface area contributed by atoms with E-state index < -0.39 is 16.8 Å². The summed E-state index contributed by atoms with van der Waals surface area (Å²) in [5.41, 5.74) is 0. The van der Waals surface area contributed by atoms with E-state index in [1.165, 1.54) is 32.5 Å². The van der Waals surface area contributed by atoms with Gasteiger partial charge in [-0.3, -0.25) is 0 Å². The molecule has 0 aromatic heterocycles. The molecule has 0 aromatic carbocycles. The smallest absolute Gasteiger partial charge is 0.334 e. The first-order chi connectivity index (χ1) is 11.2. The van der Waals surface area contributed by atoms with Crippen LogP contribution in [-0.4, -0.2) is 72.2 Å². The van der Waals surface area contributed by atoms with Crippen molar-refractivity contribution < 1.29 is 8.85 Å². The lowest BCUT2D eigenvalue weighted by atomic mass is 10.3. The van der Waals surface area contributed by atoms with Gasteiger partial charge in [0, 0.05) is 26.3 Å². The topological polar surface area (TPSA) is 24.9 Å². The van der Waals surface area contributed by atoms with E-state index in [-0.39, 0.29) is 0 Å². The van der Waals surface area contributed by atoms with Gasteiger partial charge in [0.2, 0.25) is 0 Å². The molecule has 6 heteroatoms. The molecule has 0 aromatic rings. The fraction of sp³-hybridized carbons (Fsp3) is 1.00. The van der Waals surface area contributed by atoms with Crippen LogP contribution in [0.15, 0.2) is 0 Å². The summed E-state index contributed by atoms with van der Waals surface area (Å²) in [7, 11) is -3.18. The first-order valence-electron chi connectivity index (χ1n) is 9.97. The summed E-state index contributed by atoms with van der Waals surface area (Å²) >= 11 is 0. The first kappa shape index (κ1) is 24.3. The van der Waals surface area contributed by atoms with E-state index in [1.807, 2.05) is 0 Å². The Labute approximate surface area is 154 Å². The predicted molar refractivity (Wildman–Crippen MR) is 112 cm³/mol. The number of hydrogen-bond donors (Lipinski definition) is 0. The normalized spacial score (nSPS) is 13.2. The van der Waals surface area contributed by atoms with Crippen LogP contribution in [0.5, 0.6) is 0 Å². The van der Waals surface area contributed by atoms with Gasteiger partial charge in [0.1, 0.15) is 8.24 Å². The van der Waals surface area contributed by atoms with Crippen molar-refractivity contribution in [3.05, 3.63) is 0 Å². The fourth-order valence-electron chi connectivity index (χ4n) is 3.13.